The lowest BCUT2D eigenvalue weighted by atomic mass is 9.83. The van der Waals surface area contributed by atoms with Crippen LogP contribution < -0.4 is 4.74 Å². The first-order valence-corrected chi connectivity index (χ1v) is 9.69. The Kier molecular flexibility index (Phi) is 4.86. The monoisotopic (exact) mass is 364 g/mol. The summed E-state index contributed by atoms with van der Waals surface area (Å²) in [6.45, 7) is 4.40. The summed E-state index contributed by atoms with van der Waals surface area (Å²) in [5.41, 5.74) is 0. The topological polar surface area (TPSA) is 32.8 Å². The third kappa shape index (κ3) is 3.56. The first-order chi connectivity index (χ1) is 12.5. The summed E-state index contributed by atoms with van der Waals surface area (Å²) >= 11 is 0. The van der Waals surface area contributed by atoms with Gasteiger partial charge < -0.3 is 9.64 Å². The molecular weight excluding hydrogens is 338 g/mol. The molecule has 0 unspecified atom stereocenters. The Morgan fingerprint density at radius 2 is 1.96 bits per heavy atom. The molecule has 0 aromatic heterocycles. The number of piperidine rings is 2. The number of hydrogen-bond donors (Lipinski definition) is 0. The molecule has 0 spiro atoms. The van der Waals surface area contributed by atoms with E-state index in [4.69, 9.17) is 4.74 Å². The van der Waals surface area contributed by atoms with Crippen LogP contribution in [-0.4, -0.2) is 53.5 Å². The van der Waals surface area contributed by atoms with E-state index >= 15 is 0 Å². The Morgan fingerprint density at radius 1 is 1.15 bits per heavy atom. The van der Waals surface area contributed by atoms with Crippen LogP contribution in [0.2, 0.25) is 0 Å². The zero-order valence-corrected chi connectivity index (χ0v) is 15.2. The molecule has 1 saturated carbocycles. The van der Waals surface area contributed by atoms with Crippen LogP contribution in [0.4, 0.5) is 8.78 Å². The number of ether oxygens (including phenoxy) is 1. The van der Waals surface area contributed by atoms with Gasteiger partial charge in [0.15, 0.2) is 17.7 Å². The second-order valence-electron chi connectivity index (χ2n) is 7.85. The maximum Gasteiger partial charge on any atom is 0.263 e. The predicted octanol–water partition coefficient (Wildman–Crippen LogP) is 3.21. The minimum absolute atomic E-state index is 0.0725. The zero-order valence-electron chi connectivity index (χ0n) is 15.2. The Balaban J connectivity index is 1.36. The predicted molar refractivity (Wildman–Crippen MR) is 93.9 cm³/mol. The second kappa shape index (κ2) is 7.14. The van der Waals surface area contributed by atoms with Gasteiger partial charge in [-0.1, -0.05) is 0 Å². The smallest absolute Gasteiger partial charge is 0.263 e. The van der Waals surface area contributed by atoms with E-state index < -0.39 is 17.7 Å². The number of amides is 1. The fraction of sp³-hybridized carbons (Fsp3) is 0.650. The Labute approximate surface area is 153 Å². The summed E-state index contributed by atoms with van der Waals surface area (Å²) in [4.78, 5) is 17.3. The summed E-state index contributed by atoms with van der Waals surface area (Å²) in [7, 11) is 0. The molecule has 2 aliphatic heterocycles. The van der Waals surface area contributed by atoms with Gasteiger partial charge in [-0.05, 0) is 63.6 Å². The van der Waals surface area contributed by atoms with E-state index in [-0.39, 0.29) is 11.7 Å². The van der Waals surface area contributed by atoms with Crippen LogP contribution in [0.3, 0.4) is 0 Å². The molecule has 0 bridgehead atoms. The van der Waals surface area contributed by atoms with E-state index in [2.05, 4.69) is 4.90 Å². The summed E-state index contributed by atoms with van der Waals surface area (Å²) in [6.07, 6.45) is 5.34. The minimum Gasteiger partial charge on any atom is -0.481 e. The standard InChI is InChI=1S/C20H26F2N2O2/c1-13(26-16-6-7-17(21)18(22)11-16)20(25)23-10-8-19-14(12-23)3-2-9-24(19)15-4-5-15/h6-7,11,13-15,19H,2-5,8-10,12H2,1H3/t13-,14+,19-/m0/s1. The Morgan fingerprint density at radius 3 is 2.69 bits per heavy atom. The number of benzene rings is 1. The highest BCUT2D eigenvalue weighted by Crippen LogP contribution is 2.38. The lowest BCUT2D eigenvalue weighted by molar-refractivity contribution is -0.141. The molecule has 4 nitrogen and oxygen atoms in total. The quantitative estimate of drug-likeness (QED) is 0.823. The maximum absolute atomic E-state index is 13.3. The molecule has 0 N–H and O–H groups in total. The van der Waals surface area contributed by atoms with Crippen molar-refractivity contribution in [3.05, 3.63) is 29.8 Å². The number of rotatable bonds is 4. The molecule has 6 heteroatoms. The van der Waals surface area contributed by atoms with Gasteiger partial charge in [-0.25, -0.2) is 8.78 Å². The van der Waals surface area contributed by atoms with Crippen molar-refractivity contribution in [1.82, 2.24) is 9.80 Å². The van der Waals surface area contributed by atoms with Crippen LogP contribution >= 0.6 is 0 Å². The number of likely N-dealkylation sites (tertiary alicyclic amines) is 2. The van der Waals surface area contributed by atoms with Gasteiger partial charge >= 0.3 is 0 Å². The molecule has 142 valence electrons. The Bertz CT molecular complexity index is 680. The van der Waals surface area contributed by atoms with Crippen LogP contribution in [-0.2, 0) is 4.79 Å². The van der Waals surface area contributed by atoms with Gasteiger partial charge in [0.25, 0.3) is 5.91 Å². The minimum atomic E-state index is -0.967. The van der Waals surface area contributed by atoms with Gasteiger partial charge in [0.05, 0.1) is 0 Å². The van der Waals surface area contributed by atoms with Crippen molar-refractivity contribution < 1.29 is 18.3 Å². The summed E-state index contributed by atoms with van der Waals surface area (Å²) in [5.74, 6) is -1.24. The second-order valence-corrected chi connectivity index (χ2v) is 7.85. The fourth-order valence-corrected chi connectivity index (χ4v) is 4.56. The van der Waals surface area contributed by atoms with Crippen LogP contribution in [0, 0.1) is 17.6 Å². The average Bonchev–Trinajstić information content (AvgIpc) is 3.48. The maximum atomic E-state index is 13.3. The average molecular weight is 364 g/mol. The van der Waals surface area contributed by atoms with Crippen molar-refractivity contribution in [1.29, 1.82) is 0 Å². The molecule has 26 heavy (non-hydrogen) atoms. The van der Waals surface area contributed by atoms with E-state index in [0.29, 0.717) is 12.0 Å². The van der Waals surface area contributed by atoms with E-state index in [1.54, 1.807) is 6.92 Å². The van der Waals surface area contributed by atoms with Gasteiger partial charge in [-0.15, -0.1) is 0 Å². The number of fused-ring (bicyclic) bond motifs is 1. The lowest BCUT2D eigenvalue weighted by Crippen LogP contribution is -2.57. The van der Waals surface area contributed by atoms with Crippen LogP contribution in [0.25, 0.3) is 0 Å². The first-order valence-electron chi connectivity index (χ1n) is 9.69. The largest absolute Gasteiger partial charge is 0.481 e. The van der Waals surface area contributed by atoms with Gasteiger partial charge in [0.1, 0.15) is 5.75 Å². The van der Waals surface area contributed by atoms with Crippen LogP contribution in [0.5, 0.6) is 5.75 Å². The normalized spacial score (nSPS) is 27.7. The molecule has 1 aromatic rings. The van der Waals surface area contributed by atoms with Crippen LogP contribution in [0.1, 0.15) is 39.0 Å². The van der Waals surface area contributed by atoms with Crippen molar-refractivity contribution in [2.45, 2.75) is 57.2 Å². The summed E-state index contributed by atoms with van der Waals surface area (Å²) in [6, 6.07) is 4.74. The highest BCUT2D eigenvalue weighted by molar-refractivity contribution is 5.81. The van der Waals surface area contributed by atoms with E-state index in [1.807, 2.05) is 4.90 Å². The van der Waals surface area contributed by atoms with E-state index in [1.165, 1.54) is 38.3 Å². The highest BCUT2D eigenvalue weighted by Gasteiger charge is 2.43. The molecule has 1 amide bonds. The third-order valence-electron chi connectivity index (χ3n) is 5.99. The lowest BCUT2D eigenvalue weighted by Gasteiger charge is -2.47. The zero-order chi connectivity index (χ0) is 18.3. The molecule has 3 aliphatic rings. The molecule has 1 aromatic carbocycles. The van der Waals surface area contributed by atoms with E-state index in [0.717, 1.165) is 37.7 Å². The molecular formula is C20H26F2N2O2. The van der Waals surface area contributed by atoms with Crippen molar-refractivity contribution in [3.8, 4) is 5.75 Å². The van der Waals surface area contributed by atoms with Gasteiger partial charge in [0.2, 0.25) is 0 Å². The number of carbonyl (C=O) groups is 1. The summed E-state index contributed by atoms with van der Waals surface area (Å²) < 4.78 is 31.9. The van der Waals surface area contributed by atoms with E-state index in [9.17, 15) is 13.6 Å². The number of hydrogen-bond acceptors (Lipinski definition) is 3. The SMILES string of the molecule is C[C@H](Oc1ccc(F)c(F)c1)C(=O)N1CC[C@H]2[C@H](CCCN2C2CC2)C1. The highest BCUT2D eigenvalue weighted by atomic mass is 19.2. The number of carbonyl (C=O) groups excluding carboxylic acids is 1. The fourth-order valence-electron chi connectivity index (χ4n) is 4.56. The van der Waals surface area contributed by atoms with Gasteiger partial charge in [0, 0.05) is 31.2 Å². The van der Waals surface area contributed by atoms with Gasteiger partial charge in [-0.2, -0.15) is 0 Å². The molecule has 3 atom stereocenters. The molecule has 4 rings (SSSR count). The van der Waals surface area contributed by atoms with Gasteiger partial charge in [-0.3, -0.25) is 9.69 Å². The molecule has 3 fully saturated rings. The summed E-state index contributed by atoms with van der Waals surface area (Å²) in [5, 5.41) is 0. The Hall–Kier alpha value is -1.69. The molecule has 0 radical (unpaired) electrons. The van der Waals surface area contributed by atoms with Crippen molar-refractivity contribution in [2.75, 3.05) is 19.6 Å². The van der Waals surface area contributed by atoms with Crippen molar-refractivity contribution >= 4 is 5.91 Å². The third-order valence-corrected chi connectivity index (χ3v) is 5.99. The number of nitrogens with zero attached hydrogens (tertiary/aromatic N) is 2. The molecule has 2 saturated heterocycles. The van der Waals surface area contributed by atoms with Crippen molar-refractivity contribution in [2.24, 2.45) is 5.92 Å². The first kappa shape index (κ1) is 17.7. The molecule has 2 heterocycles. The number of halogens is 2. The van der Waals surface area contributed by atoms with Crippen LogP contribution in [0.15, 0.2) is 18.2 Å². The van der Waals surface area contributed by atoms with Crippen molar-refractivity contribution in [3.63, 3.8) is 0 Å². The molecule has 1 aliphatic carbocycles.